The standard InChI is InChI=1S/C21H30N2O7S/c1-27-20(25)17(8-5-9-18-28-11-12-29-18)22-19(24)16(10-13-31)23-21(26)30-14-15-6-3-2-4-7-15/h2-4,6-7,16-18,31H,5,8-14H2,1H3,(H,22,24)(H,23,26)/t16-,17-/m0/s1. The lowest BCUT2D eigenvalue weighted by atomic mass is 10.1. The monoisotopic (exact) mass is 454 g/mol. The number of carbonyl (C=O) groups excluding carboxylic acids is 3. The molecule has 10 heteroatoms. The van der Waals surface area contributed by atoms with E-state index in [2.05, 4.69) is 23.3 Å². The fourth-order valence-corrected chi connectivity index (χ4v) is 3.29. The van der Waals surface area contributed by atoms with Gasteiger partial charge in [0.15, 0.2) is 6.29 Å². The van der Waals surface area contributed by atoms with Crippen molar-refractivity contribution >= 4 is 30.6 Å². The first-order valence-electron chi connectivity index (χ1n) is 10.2. The van der Waals surface area contributed by atoms with Crippen LogP contribution in [0.4, 0.5) is 4.79 Å². The molecule has 0 radical (unpaired) electrons. The number of methoxy groups -OCH3 is 1. The minimum Gasteiger partial charge on any atom is -0.467 e. The van der Waals surface area contributed by atoms with Crippen molar-refractivity contribution in [1.82, 2.24) is 10.6 Å². The molecule has 0 saturated carbocycles. The van der Waals surface area contributed by atoms with E-state index < -0.39 is 30.1 Å². The van der Waals surface area contributed by atoms with E-state index in [9.17, 15) is 14.4 Å². The molecule has 9 nitrogen and oxygen atoms in total. The Morgan fingerprint density at radius 3 is 2.45 bits per heavy atom. The number of rotatable bonds is 12. The van der Waals surface area contributed by atoms with Crippen LogP contribution in [-0.2, 0) is 35.1 Å². The smallest absolute Gasteiger partial charge is 0.408 e. The lowest BCUT2D eigenvalue weighted by Gasteiger charge is -2.22. The van der Waals surface area contributed by atoms with Crippen LogP contribution in [0.15, 0.2) is 30.3 Å². The van der Waals surface area contributed by atoms with Gasteiger partial charge in [-0.2, -0.15) is 12.6 Å². The highest BCUT2D eigenvalue weighted by Gasteiger charge is 2.27. The van der Waals surface area contributed by atoms with Gasteiger partial charge in [0.2, 0.25) is 5.91 Å². The van der Waals surface area contributed by atoms with Crippen LogP contribution in [0.25, 0.3) is 0 Å². The van der Waals surface area contributed by atoms with Crippen LogP contribution in [0.1, 0.15) is 31.2 Å². The number of benzene rings is 1. The Labute approximate surface area is 187 Å². The molecule has 172 valence electrons. The van der Waals surface area contributed by atoms with Crippen molar-refractivity contribution in [1.29, 1.82) is 0 Å². The Balaban J connectivity index is 1.85. The summed E-state index contributed by atoms with van der Waals surface area (Å²) < 4.78 is 20.7. The fraction of sp³-hybridized carbons (Fsp3) is 0.571. The average Bonchev–Trinajstić information content (AvgIpc) is 3.30. The van der Waals surface area contributed by atoms with Crippen LogP contribution >= 0.6 is 12.6 Å². The van der Waals surface area contributed by atoms with Gasteiger partial charge in [-0.1, -0.05) is 30.3 Å². The highest BCUT2D eigenvalue weighted by Crippen LogP contribution is 2.13. The molecule has 2 N–H and O–H groups in total. The van der Waals surface area contributed by atoms with Gasteiger partial charge in [0.1, 0.15) is 18.7 Å². The minimum atomic E-state index is -0.894. The number of alkyl carbamates (subject to hydrolysis) is 1. The van der Waals surface area contributed by atoms with Crippen LogP contribution in [0.5, 0.6) is 0 Å². The first-order chi connectivity index (χ1) is 15.0. The van der Waals surface area contributed by atoms with E-state index in [1.807, 2.05) is 30.3 Å². The van der Waals surface area contributed by atoms with Gasteiger partial charge in [0.05, 0.1) is 20.3 Å². The molecule has 2 atom stereocenters. The second-order valence-corrected chi connectivity index (χ2v) is 7.40. The van der Waals surface area contributed by atoms with Gasteiger partial charge >= 0.3 is 12.1 Å². The number of hydrogen-bond acceptors (Lipinski definition) is 8. The Bertz CT molecular complexity index is 698. The second-order valence-electron chi connectivity index (χ2n) is 6.96. The van der Waals surface area contributed by atoms with Gasteiger partial charge in [-0.3, -0.25) is 4.79 Å². The van der Waals surface area contributed by atoms with Crippen molar-refractivity contribution < 1.29 is 33.3 Å². The molecule has 1 saturated heterocycles. The summed E-state index contributed by atoms with van der Waals surface area (Å²) in [5.41, 5.74) is 0.828. The van der Waals surface area contributed by atoms with E-state index in [1.165, 1.54) is 7.11 Å². The van der Waals surface area contributed by atoms with Gasteiger partial charge in [0.25, 0.3) is 0 Å². The number of amides is 2. The van der Waals surface area contributed by atoms with Gasteiger partial charge < -0.3 is 29.6 Å². The quantitative estimate of drug-likeness (QED) is 0.326. The summed E-state index contributed by atoms with van der Waals surface area (Å²) in [5.74, 6) is -0.705. The molecule has 1 aromatic carbocycles. The molecule has 2 rings (SSSR count). The van der Waals surface area contributed by atoms with Crippen molar-refractivity contribution in [3.05, 3.63) is 35.9 Å². The number of esters is 1. The van der Waals surface area contributed by atoms with Crippen molar-refractivity contribution in [2.75, 3.05) is 26.1 Å². The summed E-state index contributed by atoms with van der Waals surface area (Å²) >= 11 is 4.15. The summed E-state index contributed by atoms with van der Waals surface area (Å²) in [6, 6.07) is 7.46. The van der Waals surface area contributed by atoms with Crippen molar-refractivity contribution in [2.45, 2.75) is 50.7 Å². The second kappa shape index (κ2) is 13.9. The largest absolute Gasteiger partial charge is 0.467 e. The first-order valence-corrected chi connectivity index (χ1v) is 10.9. The lowest BCUT2D eigenvalue weighted by Crippen LogP contribution is -2.52. The van der Waals surface area contributed by atoms with Crippen LogP contribution in [0, 0.1) is 0 Å². The number of hydrogen-bond donors (Lipinski definition) is 3. The summed E-state index contributed by atoms with van der Waals surface area (Å²) in [7, 11) is 1.26. The van der Waals surface area contributed by atoms with Crippen LogP contribution in [0.3, 0.4) is 0 Å². The van der Waals surface area contributed by atoms with Gasteiger partial charge in [-0.05, 0) is 37.0 Å². The number of ether oxygens (including phenoxy) is 4. The van der Waals surface area contributed by atoms with E-state index in [0.29, 0.717) is 38.2 Å². The van der Waals surface area contributed by atoms with Crippen LogP contribution < -0.4 is 10.6 Å². The normalized spacial score (nSPS) is 15.7. The molecule has 1 fully saturated rings. The molecule has 0 unspecified atom stereocenters. The molecule has 1 heterocycles. The van der Waals surface area contributed by atoms with Crippen LogP contribution in [0.2, 0.25) is 0 Å². The molecule has 0 bridgehead atoms. The van der Waals surface area contributed by atoms with Crippen molar-refractivity contribution in [3.63, 3.8) is 0 Å². The number of carbonyl (C=O) groups is 3. The first kappa shape index (κ1) is 25.0. The molecule has 0 aliphatic carbocycles. The van der Waals surface area contributed by atoms with E-state index in [-0.39, 0.29) is 19.3 Å². The topological polar surface area (TPSA) is 112 Å². The molecular weight excluding hydrogens is 424 g/mol. The zero-order chi connectivity index (χ0) is 22.5. The average molecular weight is 455 g/mol. The van der Waals surface area contributed by atoms with E-state index in [0.717, 1.165) is 5.56 Å². The zero-order valence-corrected chi connectivity index (χ0v) is 18.5. The number of nitrogens with one attached hydrogen (secondary N) is 2. The maximum absolute atomic E-state index is 12.7. The van der Waals surface area contributed by atoms with Crippen molar-refractivity contribution in [3.8, 4) is 0 Å². The Morgan fingerprint density at radius 1 is 1.10 bits per heavy atom. The zero-order valence-electron chi connectivity index (χ0n) is 17.6. The third-order valence-electron chi connectivity index (χ3n) is 4.66. The van der Waals surface area contributed by atoms with E-state index in [4.69, 9.17) is 18.9 Å². The number of thiol groups is 1. The molecule has 31 heavy (non-hydrogen) atoms. The highest BCUT2D eigenvalue weighted by atomic mass is 32.1. The Hall–Kier alpha value is -2.30. The SMILES string of the molecule is COC(=O)[C@H](CCCC1OCCO1)NC(=O)[C@H](CCS)NC(=O)OCc1ccccc1. The van der Waals surface area contributed by atoms with Gasteiger partial charge in [-0.15, -0.1) is 0 Å². The lowest BCUT2D eigenvalue weighted by molar-refractivity contribution is -0.145. The summed E-state index contributed by atoms with van der Waals surface area (Å²) in [6.45, 7) is 1.19. The third kappa shape index (κ3) is 9.16. The van der Waals surface area contributed by atoms with Gasteiger partial charge in [-0.25, -0.2) is 9.59 Å². The summed E-state index contributed by atoms with van der Waals surface area (Å²) in [6.07, 6.45) is 0.811. The summed E-state index contributed by atoms with van der Waals surface area (Å²) in [5, 5.41) is 5.19. The maximum atomic E-state index is 12.7. The minimum absolute atomic E-state index is 0.0813. The van der Waals surface area contributed by atoms with E-state index in [1.54, 1.807) is 0 Å². The molecule has 1 aliphatic heterocycles. The maximum Gasteiger partial charge on any atom is 0.408 e. The highest BCUT2D eigenvalue weighted by molar-refractivity contribution is 7.80. The summed E-state index contributed by atoms with van der Waals surface area (Å²) in [4.78, 5) is 37.0. The fourth-order valence-electron chi connectivity index (χ4n) is 3.03. The molecule has 0 spiro atoms. The predicted octanol–water partition coefficient (Wildman–Crippen LogP) is 1.80. The predicted molar refractivity (Wildman–Crippen MR) is 116 cm³/mol. The van der Waals surface area contributed by atoms with Crippen molar-refractivity contribution in [2.24, 2.45) is 0 Å². The molecule has 1 aliphatic rings. The van der Waals surface area contributed by atoms with E-state index >= 15 is 0 Å². The van der Waals surface area contributed by atoms with Crippen LogP contribution in [-0.4, -0.2) is 62.4 Å². The molecule has 0 aromatic heterocycles. The Morgan fingerprint density at radius 2 is 1.81 bits per heavy atom. The molecule has 2 amide bonds. The Kier molecular flexibility index (Phi) is 11.2. The third-order valence-corrected chi connectivity index (χ3v) is 4.92. The van der Waals surface area contributed by atoms with Gasteiger partial charge in [0, 0.05) is 0 Å². The molecular formula is C21H30N2O7S. The molecule has 1 aromatic rings.